The molecule has 108 valence electrons. The molecule has 0 saturated heterocycles. The summed E-state index contributed by atoms with van der Waals surface area (Å²) in [6, 6.07) is 11.1. The lowest BCUT2D eigenvalue weighted by Gasteiger charge is -2.11. The van der Waals surface area contributed by atoms with Crippen LogP contribution >= 0.6 is 0 Å². The Kier molecular flexibility index (Phi) is 3.15. The fourth-order valence-electron chi connectivity index (χ4n) is 2.74. The molecular weight excluding hydrogens is 278 g/mol. The van der Waals surface area contributed by atoms with Gasteiger partial charge in [0.1, 0.15) is 0 Å². The second-order valence-electron chi connectivity index (χ2n) is 5.09. The normalized spacial score (nSPS) is 10.6. The predicted molar refractivity (Wildman–Crippen MR) is 82.6 cm³/mol. The number of hydrogen-bond acceptors (Lipinski definition) is 3. The van der Waals surface area contributed by atoms with E-state index in [1.54, 1.807) is 36.1 Å². The minimum atomic E-state index is -0.980. The quantitative estimate of drug-likeness (QED) is 0.786. The second kappa shape index (κ2) is 5.01. The van der Waals surface area contributed by atoms with E-state index < -0.39 is 5.97 Å². The number of carboxylic acid groups (broad SMARTS) is 1. The summed E-state index contributed by atoms with van der Waals surface area (Å²) in [4.78, 5) is 11.4. The van der Waals surface area contributed by atoms with Crippen molar-refractivity contribution in [2.24, 2.45) is 7.05 Å². The van der Waals surface area contributed by atoms with Crippen LogP contribution in [0.15, 0.2) is 36.5 Å². The van der Waals surface area contributed by atoms with Gasteiger partial charge in [-0.2, -0.15) is 10.4 Å². The van der Waals surface area contributed by atoms with Gasteiger partial charge in [0.05, 0.1) is 28.9 Å². The van der Waals surface area contributed by atoms with Gasteiger partial charge in [-0.1, -0.05) is 18.2 Å². The van der Waals surface area contributed by atoms with E-state index in [2.05, 4.69) is 11.2 Å². The van der Waals surface area contributed by atoms with Crippen LogP contribution in [0.2, 0.25) is 0 Å². The maximum Gasteiger partial charge on any atom is 0.336 e. The molecule has 1 N–H and O–H groups in total. The minimum Gasteiger partial charge on any atom is -0.478 e. The first-order valence-electron chi connectivity index (χ1n) is 6.72. The highest BCUT2D eigenvalue weighted by atomic mass is 16.4. The Morgan fingerprint density at radius 1 is 1.27 bits per heavy atom. The van der Waals surface area contributed by atoms with Crippen LogP contribution in [0.3, 0.4) is 0 Å². The first-order valence-corrected chi connectivity index (χ1v) is 6.72. The molecule has 22 heavy (non-hydrogen) atoms. The molecule has 3 rings (SSSR count). The summed E-state index contributed by atoms with van der Waals surface area (Å²) in [5.41, 5.74) is 4.23. The maximum atomic E-state index is 11.4. The molecule has 0 atom stereocenters. The van der Waals surface area contributed by atoms with Crippen molar-refractivity contribution in [3.8, 4) is 17.2 Å². The lowest BCUT2D eigenvalue weighted by atomic mass is 9.94. The van der Waals surface area contributed by atoms with E-state index in [9.17, 15) is 15.2 Å². The number of aromatic carboxylic acids is 1. The lowest BCUT2D eigenvalue weighted by molar-refractivity contribution is 0.0699. The number of aromatic nitrogens is 2. The molecule has 0 fully saturated rings. The molecule has 0 aliphatic rings. The summed E-state index contributed by atoms with van der Waals surface area (Å²) in [6.07, 6.45) is 1.56. The number of rotatable bonds is 2. The number of nitrogens with zero attached hydrogens (tertiary/aromatic N) is 3. The number of nitriles is 1. The topological polar surface area (TPSA) is 78.9 Å². The molecule has 0 amide bonds. The molecule has 0 aliphatic carbocycles. The highest BCUT2D eigenvalue weighted by Crippen LogP contribution is 2.33. The lowest BCUT2D eigenvalue weighted by Crippen LogP contribution is -1.99. The predicted octanol–water partition coefficient (Wildman–Crippen LogP) is 3.12. The highest BCUT2D eigenvalue weighted by molar-refractivity contribution is 6.07. The van der Waals surface area contributed by atoms with Gasteiger partial charge >= 0.3 is 5.97 Å². The van der Waals surface area contributed by atoms with Crippen molar-refractivity contribution >= 4 is 16.9 Å². The summed E-state index contributed by atoms with van der Waals surface area (Å²) in [5, 5.41) is 23.3. The van der Waals surface area contributed by atoms with Crippen molar-refractivity contribution in [3.05, 3.63) is 53.2 Å². The average Bonchev–Trinajstić information content (AvgIpc) is 2.89. The van der Waals surface area contributed by atoms with Crippen LogP contribution in [-0.2, 0) is 7.05 Å². The number of benzene rings is 2. The highest BCUT2D eigenvalue weighted by Gasteiger charge is 2.17. The van der Waals surface area contributed by atoms with Crippen molar-refractivity contribution in [1.29, 1.82) is 5.26 Å². The number of carbonyl (C=O) groups is 1. The third-order valence-corrected chi connectivity index (χ3v) is 3.88. The molecular formula is C17H13N3O2. The zero-order chi connectivity index (χ0) is 15.9. The van der Waals surface area contributed by atoms with Crippen LogP contribution in [0.1, 0.15) is 21.5 Å². The van der Waals surface area contributed by atoms with Gasteiger partial charge in [-0.05, 0) is 30.2 Å². The van der Waals surface area contributed by atoms with Crippen LogP contribution < -0.4 is 0 Å². The molecule has 0 bridgehead atoms. The zero-order valence-electron chi connectivity index (χ0n) is 12.2. The monoisotopic (exact) mass is 291 g/mol. The van der Waals surface area contributed by atoms with Crippen molar-refractivity contribution in [1.82, 2.24) is 9.78 Å². The Morgan fingerprint density at radius 2 is 2.05 bits per heavy atom. The molecule has 5 heteroatoms. The van der Waals surface area contributed by atoms with Gasteiger partial charge < -0.3 is 5.11 Å². The third-order valence-electron chi connectivity index (χ3n) is 3.88. The van der Waals surface area contributed by atoms with E-state index in [1.165, 1.54) is 0 Å². The van der Waals surface area contributed by atoms with Crippen LogP contribution in [0.4, 0.5) is 0 Å². The first kappa shape index (κ1) is 13.8. The Bertz CT molecular complexity index is 948. The minimum absolute atomic E-state index is 0.223. The van der Waals surface area contributed by atoms with Gasteiger partial charge in [0, 0.05) is 18.0 Å². The van der Waals surface area contributed by atoms with Crippen LogP contribution in [0.5, 0.6) is 0 Å². The molecule has 0 spiro atoms. The second-order valence-corrected chi connectivity index (χ2v) is 5.09. The standard InChI is InChI=1S/C17H13N3O2/c1-10-11(8-18)4-3-5-12(10)13-6-7-14(17(21)22)15-9-19-20(2)16(13)15/h3-7,9H,1-2H3,(H,21,22). The first-order chi connectivity index (χ1) is 10.5. The van der Waals surface area contributed by atoms with Crippen LogP contribution in [0, 0.1) is 18.3 Å². The zero-order valence-corrected chi connectivity index (χ0v) is 12.2. The molecule has 0 radical (unpaired) electrons. The molecule has 1 aromatic heterocycles. The van der Waals surface area contributed by atoms with E-state index in [4.69, 9.17) is 0 Å². The molecule has 0 aliphatic heterocycles. The maximum absolute atomic E-state index is 11.4. The van der Waals surface area contributed by atoms with Crippen LogP contribution in [0.25, 0.3) is 22.0 Å². The fourth-order valence-corrected chi connectivity index (χ4v) is 2.74. The summed E-state index contributed by atoms with van der Waals surface area (Å²) in [6.45, 7) is 1.89. The van der Waals surface area contributed by atoms with Crippen molar-refractivity contribution in [2.45, 2.75) is 6.92 Å². The van der Waals surface area contributed by atoms with Gasteiger partial charge in [-0.15, -0.1) is 0 Å². The molecule has 1 heterocycles. The molecule has 5 nitrogen and oxygen atoms in total. The van der Waals surface area contributed by atoms with E-state index >= 15 is 0 Å². The van der Waals surface area contributed by atoms with Gasteiger partial charge in [0.25, 0.3) is 0 Å². The van der Waals surface area contributed by atoms with Gasteiger partial charge in [0.2, 0.25) is 0 Å². The summed E-state index contributed by atoms with van der Waals surface area (Å²) in [7, 11) is 1.78. The third kappa shape index (κ3) is 1.93. The number of hydrogen-bond donors (Lipinski definition) is 1. The van der Waals surface area contributed by atoms with E-state index in [-0.39, 0.29) is 5.56 Å². The van der Waals surface area contributed by atoms with E-state index in [0.717, 1.165) is 22.2 Å². The Morgan fingerprint density at radius 3 is 2.73 bits per heavy atom. The van der Waals surface area contributed by atoms with Crippen LogP contribution in [-0.4, -0.2) is 20.9 Å². The number of fused-ring (bicyclic) bond motifs is 1. The molecule has 0 unspecified atom stereocenters. The Labute approximate surface area is 127 Å². The largest absolute Gasteiger partial charge is 0.478 e. The van der Waals surface area contributed by atoms with E-state index in [0.29, 0.717) is 10.9 Å². The van der Waals surface area contributed by atoms with Gasteiger partial charge in [0.15, 0.2) is 0 Å². The average molecular weight is 291 g/mol. The Balaban J connectivity index is 2.39. The fraction of sp³-hybridized carbons (Fsp3) is 0.118. The summed E-state index contributed by atoms with van der Waals surface area (Å²) in [5.74, 6) is -0.980. The SMILES string of the molecule is Cc1c(C#N)cccc1-c1ccc(C(=O)O)c2cnn(C)c12. The van der Waals surface area contributed by atoms with Crippen molar-refractivity contribution in [3.63, 3.8) is 0 Å². The summed E-state index contributed by atoms with van der Waals surface area (Å²) >= 11 is 0. The molecule has 2 aromatic carbocycles. The van der Waals surface area contributed by atoms with E-state index in [1.807, 2.05) is 19.1 Å². The Hall–Kier alpha value is -3.13. The van der Waals surface area contributed by atoms with Gasteiger partial charge in [-0.3, -0.25) is 4.68 Å². The smallest absolute Gasteiger partial charge is 0.336 e. The van der Waals surface area contributed by atoms with Crippen molar-refractivity contribution in [2.75, 3.05) is 0 Å². The number of carboxylic acids is 1. The molecule has 3 aromatic rings. The van der Waals surface area contributed by atoms with Crippen molar-refractivity contribution < 1.29 is 9.90 Å². The summed E-state index contributed by atoms with van der Waals surface area (Å²) < 4.78 is 1.66. The molecule has 0 saturated carbocycles. The van der Waals surface area contributed by atoms with Gasteiger partial charge in [-0.25, -0.2) is 4.79 Å². The number of aryl methyl sites for hydroxylation is 1.